The smallest absolute Gasteiger partial charge is 0.139 e. The van der Waals surface area contributed by atoms with Crippen molar-refractivity contribution in [2.24, 2.45) is 0 Å². The molecule has 2 rings (SSSR count). The van der Waals surface area contributed by atoms with Crippen molar-refractivity contribution in [3.63, 3.8) is 0 Å². The molecule has 3 heteroatoms. The first-order valence-corrected chi connectivity index (χ1v) is 4.30. The van der Waals surface area contributed by atoms with Crippen molar-refractivity contribution in [2.75, 3.05) is 0 Å². The minimum Gasteiger partial charge on any atom is -0.207 e. The Morgan fingerprint density at radius 2 is 1.67 bits per heavy atom. The van der Waals surface area contributed by atoms with Gasteiger partial charge in [-0.1, -0.05) is 18.2 Å². The van der Waals surface area contributed by atoms with Crippen molar-refractivity contribution in [1.82, 2.24) is 0 Å². The Morgan fingerprint density at radius 1 is 0.933 bits per heavy atom. The molecule has 0 heterocycles. The first-order chi connectivity index (χ1) is 7.18. The minimum absolute atomic E-state index is 0.0331. The lowest BCUT2D eigenvalue weighted by molar-refractivity contribution is 0.596. The maximum Gasteiger partial charge on any atom is 0.139 e. The Bertz CT molecular complexity index is 492. The summed E-state index contributed by atoms with van der Waals surface area (Å²) in [6.07, 6.45) is 0. The van der Waals surface area contributed by atoms with Crippen LogP contribution < -0.4 is 0 Å². The number of hydrogen-bond donors (Lipinski definition) is 0. The molecule has 0 saturated carbocycles. The van der Waals surface area contributed by atoms with Crippen LogP contribution in [0.5, 0.6) is 0 Å². The molecule has 15 heavy (non-hydrogen) atoms. The maximum absolute atomic E-state index is 13.3. The van der Waals surface area contributed by atoms with Gasteiger partial charge < -0.3 is 0 Å². The summed E-state index contributed by atoms with van der Waals surface area (Å²) in [6, 6.07) is 9.54. The lowest BCUT2D eigenvalue weighted by Crippen LogP contribution is -1.89. The molecule has 0 nitrogen and oxygen atoms in total. The van der Waals surface area contributed by atoms with Crippen LogP contribution in [0.4, 0.5) is 13.2 Å². The normalized spacial score (nSPS) is 10.3. The van der Waals surface area contributed by atoms with Crippen LogP contribution in [0.3, 0.4) is 0 Å². The Kier molecular flexibility index (Phi) is 2.46. The number of rotatable bonds is 1. The Morgan fingerprint density at radius 3 is 2.40 bits per heavy atom. The van der Waals surface area contributed by atoms with E-state index >= 15 is 0 Å². The molecule has 0 aromatic heterocycles. The third-order valence-corrected chi connectivity index (χ3v) is 2.02. The van der Waals surface area contributed by atoms with Gasteiger partial charge in [0.1, 0.15) is 17.5 Å². The molecular formula is C12H6F3. The highest BCUT2D eigenvalue weighted by Gasteiger charge is 2.10. The van der Waals surface area contributed by atoms with Crippen molar-refractivity contribution >= 4 is 0 Å². The average Bonchev–Trinajstić information content (AvgIpc) is 2.23. The van der Waals surface area contributed by atoms with Gasteiger partial charge >= 0.3 is 0 Å². The van der Waals surface area contributed by atoms with Gasteiger partial charge in [0.15, 0.2) is 0 Å². The standard InChI is InChI=1S/C12H6F3/c13-8-5-6-12(15)10(7-8)9-3-1-2-4-11(9)14/h1-5,7H. The zero-order chi connectivity index (χ0) is 10.8. The first-order valence-electron chi connectivity index (χ1n) is 4.30. The van der Waals surface area contributed by atoms with Gasteiger partial charge in [-0.05, 0) is 18.2 Å². The van der Waals surface area contributed by atoms with E-state index in [1.165, 1.54) is 18.2 Å². The predicted molar refractivity (Wildman–Crippen MR) is 50.6 cm³/mol. The highest BCUT2D eigenvalue weighted by molar-refractivity contribution is 5.64. The van der Waals surface area contributed by atoms with Crippen LogP contribution in [0.2, 0.25) is 0 Å². The highest BCUT2D eigenvalue weighted by atomic mass is 19.1. The molecular weight excluding hydrogens is 201 g/mol. The molecule has 0 bridgehead atoms. The van der Waals surface area contributed by atoms with Crippen LogP contribution in [0.25, 0.3) is 11.1 Å². The average molecular weight is 207 g/mol. The molecule has 2 aromatic rings. The van der Waals surface area contributed by atoms with E-state index in [1.54, 1.807) is 6.07 Å². The largest absolute Gasteiger partial charge is 0.207 e. The summed E-state index contributed by atoms with van der Waals surface area (Å²) >= 11 is 0. The van der Waals surface area contributed by atoms with Crippen LogP contribution in [0.1, 0.15) is 0 Å². The SMILES string of the molecule is Fc1c[c]c(F)c(-c2ccccc2F)c1. The van der Waals surface area contributed by atoms with Crippen molar-refractivity contribution in [3.05, 3.63) is 59.9 Å². The van der Waals surface area contributed by atoms with E-state index in [9.17, 15) is 13.2 Å². The second kappa shape index (κ2) is 3.77. The summed E-state index contributed by atoms with van der Waals surface area (Å²) in [7, 11) is 0. The lowest BCUT2D eigenvalue weighted by Gasteiger charge is -2.04. The van der Waals surface area contributed by atoms with Gasteiger partial charge in [0.05, 0.1) is 0 Å². The fraction of sp³-hybridized carbons (Fsp3) is 0. The van der Waals surface area contributed by atoms with Crippen molar-refractivity contribution in [1.29, 1.82) is 0 Å². The summed E-state index contributed by atoms with van der Waals surface area (Å²) in [5.74, 6) is -1.99. The summed E-state index contributed by atoms with van der Waals surface area (Å²) in [5, 5.41) is 0. The fourth-order valence-corrected chi connectivity index (χ4v) is 1.33. The van der Waals surface area contributed by atoms with Crippen LogP contribution in [0.15, 0.2) is 36.4 Å². The molecule has 0 spiro atoms. The quantitative estimate of drug-likeness (QED) is 0.670. The van der Waals surface area contributed by atoms with Crippen LogP contribution >= 0.6 is 0 Å². The first kappa shape index (κ1) is 9.77. The molecule has 0 atom stereocenters. The topological polar surface area (TPSA) is 0 Å². The summed E-state index contributed by atoms with van der Waals surface area (Å²) in [4.78, 5) is 0. The number of benzene rings is 2. The third kappa shape index (κ3) is 1.86. The lowest BCUT2D eigenvalue weighted by atomic mass is 10.0. The van der Waals surface area contributed by atoms with Crippen molar-refractivity contribution < 1.29 is 13.2 Å². The van der Waals surface area contributed by atoms with Crippen LogP contribution in [0, 0.1) is 23.5 Å². The summed E-state index contributed by atoms with van der Waals surface area (Å²) in [6.45, 7) is 0. The molecule has 75 valence electrons. The monoisotopic (exact) mass is 207 g/mol. The van der Waals surface area contributed by atoms with Gasteiger partial charge in [0.25, 0.3) is 0 Å². The number of halogens is 3. The van der Waals surface area contributed by atoms with Gasteiger partial charge in [0, 0.05) is 17.2 Å². The van der Waals surface area contributed by atoms with Gasteiger partial charge in [0.2, 0.25) is 0 Å². The van der Waals surface area contributed by atoms with E-state index in [2.05, 4.69) is 6.07 Å². The second-order valence-corrected chi connectivity index (χ2v) is 3.03. The molecule has 2 aromatic carbocycles. The zero-order valence-electron chi connectivity index (χ0n) is 7.60. The molecule has 0 aliphatic heterocycles. The molecule has 0 N–H and O–H groups in total. The van der Waals surface area contributed by atoms with Gasteiger partial charge in [-0.15, -0.1) is 0 Å². The third-order valence-electron chi connectivity index (χ3n) is 2.02. The predicted octanol–water partition coefficient (Wildman–Crippen LogP) is 3.57. The van der Waals surface area contributed by atoms with E-state index in [-0.39, 0.29) is 11.1 Å². The summed E-state index contributed by atoms with van der Waals surface area (Å²) in [5.41, 5.74) is -0.0844. The van der Waals surface area contributed by atoms with Crippen molar-refractivity contribution in [2.45, 2.75) is 0 Å². The number of hydrogen-bond acceptors (Lipinski definition) is 0. The zero-order valence-corrected chi connectivity index (χ0v) is 7.60. The Balaban J connectivity index is 2.64. The molecule has 0 amide bonds. The van der Waals surface area contributed by atoms with Crippen LogP contribution in [-0.2, 0) is 0 Å². The van der Waals surface area contributed by atoms with Crippen molar-refractivity contribution in [3.8, 4) is 11.1 Å². The van der Waals surface area contributed by atoms with Gasteiger partial charge in [-0.25, -0.2) is 13.2 Å². The van der Waals surface area contributed by atoms with Crippen LogP contribution in [-0.4, -0.2) is 0 Å². The van der Waals surface area contributed by atoms with E-state index in [1.807, 2.05) is 0 Å². The Hall–Kier alpha value is -1.77. The molecule has 0 unspecified atom stereocenters. The van der Waals surface area contributed by atoms with E-state index in [0.717, 1.165) is 12.1 Å². The van der Waals surface area contributed by atoms with E-state index < -0.39 is 17.5 Å². The van der Waals surface area contributed by atoms with Gasteiger partial charge in [-0.3, -0.25) is 0 Å². The molecule has 0 fully saturated rings. The molecule has 0 aliphatic carbocycles. The molecule has 0 aliphatic rings. The van der Waals surface area contributed by atoms with E-state index in [4.69, 9.17) is 0 Å². The Labute approximate surface area is 85.0 Å². The van der Waals surface area contributed by atoms with Gasteiger partial charge in [-0.2, -0.15) is 0 Å². The fourth-order valence-electron chi connectivity index (χ4n) is 1.33. The molecule has 1 radical (unpaired) electrons. The minimum atomic E-state index is -0.762. The second-order valence-electron chi connectivity index (χ2n) is 3.03. The highest BCUT2D eigenvalue weighted by Crippen LogP contribution is 2.25. The molecule has 0 saturated heterocycles. The summed E-state index contributed by atoms with van der Waals surface area (Å²) < 4.78 is 39.4. The maximum atomic E-state index is 13.3. The van der Waals surface area contributed by atoms with E-state index in [0.29, 0.717) is 0 Å².